The van der Waals surface area contributed by atoms with Gasteiger partial charge >= 0.3 is 0 Å². The second kappa shape index (κ2) is 2.95. The van der Waals surface area contributed by atoms with E-state index < -0.39 is 0 Å². The monoisotopic (exact) mass is 152 g/mol. The third kappa shape index (κ3) is 1.47. The van der Waals surface area contributed by atoms with Crippen LogP contribution in [0.2, 0.25) is 0 Å². The molecule has 2 aliphatic rings. The van der Waals surface area contributed by atoms with E-state index in [1.165, 1.54) is 31.4 Å². The van der Waals surface area contributed by atoms with Gasteiger partial charge in [-0.25, -0.2) is 0 Å². The molecule has 0 aromatic rings. The maximum Gasteiger partial charge on any atom is 0.0606 e. The van der Waals surface area contributed by atoms with E-state index in [1.54, 1.807) is 0 Å². The first-order chi connectivity index (χ1) is 5.36. The van der Waals surface area contributed by atoms with Gasteiger partial charge in [-0.1, -0.05) is 12.2 Å². The molecule has 0 radical (unpaired) electrons. The molecule has 2 heteroatoms. The van der Waals surface area contributed by atoms with Gasteiger partial charge in [-0.15, -0.1) is 0 Å². The maximum atomic E-state index is 4.01. The second-order valence-corrected chi connectivity index (χ2v) is 3.67. The Morgan fingerprint density at radius 3 is 3.18 bits per heavy atom. The van der Waals surface area contributed by atoms with Gasteiger partial charge in [0.25, 0.3) is 0 Å². The van der Waals surface area contributed by atoms with E-state index in [0.717, 1.165) is 12.5 Å². The van der Waals surface area contributed by atoms with Gasteiger partial charge in [-0.05, 0) is 31.7 Å². The largest absolute Gasteiger partial charge is 0.302 e. The number of hydrogen-bond donors (Lipinski definition) is 2. The Morgan fingerprint density at radius 1 is 1.36 bits per heavy atom. The van der Waals surface area contributed by atoms with Crippen molar-refractivity contribution in [2.45, 2.75) is 25.4 Å². The van der Waals surface area contributed by atoms with E-state index in [2.05, 4.69) is 17.2 Å². The summed E-state index contributed by atoms with van der Waals surface area (Å²) in [4.78, 5) is 0. The van der Waals surface area contributed by atoms with Crippen molar-refractivity contribution in [2.24, 2.45) is 5.92 Å². The summed E-state index contributed by atoms with van der Waals surface area (Å²) in [5.41, 5.74) is 1.37. The molecular formula is C9H16N2. The molecule has 2 atom stereocenters. The molecule has 0 bridgehead atoms. The highest BCUT2D eigenvalue weighted by Crippen LogP contribution is 2.25. The molecule has 2 rings (SSSR count). The first-order valence-corrected chi connectivity index (χ1v) is 4.49. The number of nitrogens with one attached hydrogen (secondary N) is 2. The Morgan fingerprint density at radius 2 is 2.27 bits per heavy atom. The zero-order chi connectivity index (χ0) is 7.68. The number of hydrogen-bond acceptors (Lipinski definition) is 2. The SMILES string of the molecule is C=C1CNC2NCCCC2C1. The van der Waals surface area contributed by atoms with E-state index in [4.69, 9.17) is 0 Å². The van der Waals surface area contributed by atoms with Gasteiger partial charge in [0.1, 0.15) is 0 Å². The van der Waals surface area contributed by atoms with E-state index in [0.29, 0.717) is 6.17 Å². The van der Waals surface area contributed by atoms with E-state index >= 15 is 0 Å². The number of fused-ring (bicyclic) bond motifs is 1. The second-order valence-electron chi connectivity index (χ2n) is 3.67. The molecule has 2 fully saturated rings. The lowest BCUT2D eigenvalue weighted by molar-refractivity contribution is 0.220. The average Bonchev–Trinajstić information content (AvgIpc) is 2.04. The molecule has 2 aliphatic heterocycles. The van der Waals surface area contributed by atoms with Crippen molar-refractivity contribution in [2.75, 3.05) is 13.1 Å². The average molecular weight is 152 g/mol. The minimum Gasteiger partial charge on any atom is -0.302 e. The fourth-order valence-electron chi connectivity index (χ4n) is 2.11. The molecule has 11 heavy (non-hydrogen) atoms. The van der Waals surface area contributed by atoms with Crippen LogP contribution in [-0.4, -0.2) is 19.3 Å². The van der Waals surface area contributed by atoms with Crippen LogP contribution in [-0.2, 0) is 0 Å². The van der Waals surface area contributed by atoms with Crippen LogP contribution in [0.15, 0.2) is 12.2 Å². The Kier molecular flexibility index (Phi) is 1.96. The smallest absolute Gasteiger partial charge is 0.0606 e. The fraction of sp³-hybridized carbons (Fsp3) is 0.778. The molecule has 0 spiro atoms. The summed E-state index contributed by atoms with van der Waals surface area (Å²) in [5, 5.41) is 6.95. The van der Waals surface area contributed by atoms with Gasteiger partial charge in [0.2, 0.25) is 0 Å². The zero-order valence-corrected chi connectivity index (χ0v) is 6.90. The predicted octanol–water partition coefficient (Wildman–Crippen LogP) is 0.862. The lowest BCUT2D eigenvalue weighted by Crippen LogP contribution is -2.54. The Labute approximate surface area is 68.1 Å². The zero-order valence-electron chi connectivity index (χ0n) is 6.90. The minimum atomic E-state index is 0.578. The fourth-order valence-corrected chi connectivity index (χ4v) is 2.11. The van der Waals surface area contributed by atoms with E-state index in [1.807, 2.05) is 0 Å². The van der Waals surface area contributed by atoms with Crippen molar-refractivity contribution in [1.29, 1.82) is 0 Å². The van der Waals surface area contributed by atoms with Gasteiger partial charge in [0.15, 0.2) is 0 Å². The molecule has 2 nitrogen and oxygen atoms in total. The standard InChI is InChI=1S/C9H16N2/c1-7-5-8-3-2-4-10-9(8)11-6-7/h8-11H,1-6H2. The molecule has 2 heterocycles. The van der Waals surface area contributed by atoms with Crippen LogP contribution in [0.3, 0.4) is 0 Å². The molecule has 62 valence electrons. The van der Waals surface area contributed by atoms with Gasteiger partial charge in [0.05, 0.1) is 6.17 Å². The minimum absolute atomic E-state index is 0.578. The van der Waals surface area contributed by atoms with Crippen molar-refractivity contribution in [3.63, 3.8) is 0 Å². The summed E-state index contributed by atoms with van der Waals surface area (Å²) < 4.78 is 0. The first kappa shape index (κ1) is 7.32. The molecule has 2 unspecified atom stereocenters. The lowest BCUT2D eigenvalue weighted by atomic mass is 9.87. The summed E-state index contributed by atoms with van der Waals surface area (Å²) in [5.74, 6) is 0.810. The summed E-state index contributed by atoms with van der Waals surface area (Å²) in [6.45, 7) is 6.20. The van der Waals surface area contributed by atoms with Crippen LogP contribution in [0.1, 0.15) is 19.3 Å². The summed E-state index contributed by atoms with van der Waals surface area (Å²) in [6, 6.07) is 0. The lowest BCUT2D eigenvalue weighted by Gasteiger charge is -2.37. The van der Waals surface area contributed by atoms with Crippen LogP contribution >= 0.6 is 0 Å². The molecule has 0 aromatic heterocycles. The predicted molar refractivity (Wildman–Crippen MR) is 46.3 cm³/mol. The highest BCUT2D eigenvalue weighted by molar-refractivity contribution is 5.05. The third-order valence-electron chi connectivity index (χ3n) is 2.71. The molecular weight excluding hydrogens is 136 g/mol. The normalized spacial score (nSPS) is 38.4. The highest BCUT2D eigenvalue weighted by atomic mass is 15.1. The number of piperidine rings is 2. The Bertz CT molecular complexity index is 165. The molecule has 0 amide bonds. The Hall–Kier alpha value is -0.340. The summed E-state index contributed by atoms with van der Waals surface area (Å²) in [7, 11) is 0. The van der Waals surface area contributed by atoms with Crippen LogP contribution in [0.4, 0.5) is 0 Å². The van der Waals surface area contributed by atoms with Crippen LogP contribution in [0.25, 0.3) is 0 Å². The van der Waals surface area contributed by atoms with Crippen molar-refractivity contribution >= 4 is 0 Å². The maximum absolute atomic E-state index is 4.01. The van der Waals surface area contributed by atoms with Crippen molar-refractivity contribution < 1.29 is 0 Å². The molecule has 2 N–H and O–H groups in total. The summed E-state index contributed by atoms with van der Waals surface area (Å²) >= 11 is 0. The van der Waals surface area contributed by atoms with Crippen molar-refractivity contribution in [1.82, 2.24) is 10.6 Å². The van der Waals surface area contributed by atoms with Crippen LogP contribution < -0.4 is 10.6 Å². The van der Waals surface area contributed by atoms with Crippen LogP contribution in [0.5, 0.6) is 0 Å². The van der Waals surface area contributed by atoms with E-state index in [-0.39, 0.29) is 0 Å². The quantitative estimate of drug-likeness (QED) is 0.503. The highest BCUT2D eigenvalue weighted by Gasteiger charge is 2.27. The van der Waals surface area contributed by atoms with Gasteiger partial charge in [-0.2, -0.15) is 0 Å². The van der Waals surface area contributed by atoms with Gasteiger partial charge in [-0.3, -0.25) is 5.32 Å². The first-order valence-electron chi connectivity index (χ1n) is 4.49. The van der Waals surface area contributed by atoms with Crippen LogP contribution in [0, 0.1) is 5.92 Å². The molecule has 0 aliphatic carbocycles. The third-order valence-corrected chi connectivity index (χ3v) is 2.71. The van der Waals surface area contributed by atoms with Gasteiger partial charge < -0.3 is 5.32 Å². The van der Waals surface area contributed by atoms with Crippen molar-refractivity contribution in [3.8, 4) is 0 Å². The summed E-state index contributed by atoms with van der Waals surface area (Å²) in [6.07, 6.45) is 4.50. The van der Waals surface area contributed by atoms with Crippen molar-refractivity contribution in [3.05, 3.63) is 12.2 Å². The number of rotatable bonds is 0. The Balaban J connectivity index is 1.98. The molecule has 0 saturated carbocycles. The molecule has 2 saturated heterocycles. The van der Waals surface area contributed by atoms with Gasteiger partial charge in [0, 0.05) is 6.54 Å². The molecule has 0 aromatic carbocycles. The topological polar surface area (TPSA) is 24.1 Å². The van der Waals surface area contributed by atoms with E-state index in [9.17, 15) is 0 Å².